The van der Waals surface area contributed by atoms with Gasteiger partial charge in [-0.25, -0.2) is 8.42 Å². The lowest BCUT2D eigenvalue weighted by molar-refractivity contribution is -0.386. The highest BCUT2D eigenvalue weighted by Gasteiger charge is 2.30. The quantitative estimate of drug-likeness (QED) is 0.477. The highest BCUT2D eigenvalue weighted by atomic mass is 79.9. The minimum absolute atomic E-state index is 0.169. The van der Waals surface area contributed by atoms with Gasteiger partial charge in [-0.3, -0.25) is 14.9 Å². The molecule has 1 amide bonds. The molecular formula is C18H18BrN3O6S. The Morgan fingerprint density at radius 1 is 1.17 bits per heavy atom. The molecule has 2 aromatic carbocycles. The number of carbonyl (C=O) groups excluding carboxylic acids is 1. The van der Waals surface area contributed by atoms with Crippen molar-refractivity contribution in [2.24, 2.45) is 0 Å². The first kappa shape index (κ1) is 21.2. The van der Waals surface area contributed by atoms with Crippen LogP contribution in [-0.4, -0.2) is 43.2 Å². The number of sulfonamides is 1. The molecule has 0 saturated carbocycles. The van der Waals surface area contributed by atoms with Crippen molar-refractivity contribution in [3.8, 4) is 5.75 Å². The first-order chi connectivity index (χ1) is 13.8. The van der Waals surface area contributed by atoms with Gasteiger partial charge >= 0.3 is 5.69 Å². The van der Waals surface area contributed by atoms with Gasteiger partial charge in [0.25, 0.3) is 5.91 Å². The molecule has 3 rings (SSSR count). The summed E-state index contributed by atoms with van der Waals surface area (Å²) in [5.41, 5.74) is 0.0325. The molecule has 0 bridgehead atoms. The highest BCUT2D eigenvalue weighted by molar-refractivity contribution is 9.10. The maximum Gasteiger partial charge on any atom is 0.312 e. The first-order valence-electron chi connectivity index (χ1n) is 8.74. The average molecular weight is 484 g/mol. The number of nitro benzene ring substituents is 1. The summed E-state index contributed by atoms with van der Waals surface area (Å²) in [5.74, 6) is -0.684. The van der Waals surface area contributed by atoms with E-state index in [-0.39, 0.29) is 10.6 Å². The molecule has 0 radical (unpaired) electrons. The summed E-state index contributed by atoms with van der Waals surface area (Å²) in [5, 5.41) is 14.0. The zero-order valence-electron chi connectivity index (χ0n) is 15.2. The van der Waals surface area contributed by atoms with Crippen LogP contribution in [0.25, 0.3) is 0 Å². The summed E-state index contributed by atoms with van der Waals surface area (Å²) in [6.45, 7) is 0.324. The molecule has 0 spiro atoms. The van der Waals surface area contributed by atoms with E-state index in [0.29, 0.717) is 18.8 Å². The molecule has 2 aromatic rings. The number of nitro groups is 1. The van der Waals surface area contributed by atoms with E-state index in [4.69, 9.17) is 4.74 Å². The maximum absolute atomic E-state index is 12.6. The Morgan fingerprint density at radius 2 is 1.83 bits per heavy atom. The van der Waals surface area contributed by atoms with Gasteiger partial charge in [-0.2, -0.15) is 4.31 Å². The molecule has 1 N–H and O–H groups in total. The molecule has 0 unspecified atom stereocenters. The zero-order valence-corrected chi connectivity index (χ0v) is 17.6. The molecule has 0 atom stereocenters. The highest BCUT2D eigenvalue weighted by Crippen LogP contribution is 2.31. The molecule has 0 aromatic heterocycles. The number of rotatable bonds is 7. The second-order valence-electron chi connectivity index (χ2n) is 6.34. The van der Waals surface area contributed by atoms with Gasteiger partial charge < -0.3 is 10.1 Å². The van der Waals surface area contributed by atoms with Crippen LogP contribution in [0, 0.1) is 10.1 Å². The second-order valence-corrected chi connectivity index (χ2v) is 9.20. The normalized spacial score (nSPS) is 14.5. The van der Waals surface area contributed by atoms with E-state index in [1.807, 2.05) is 0 Å². The first-order valence-corrected chi connectivity index (χ1v) is 11.0. The zero-order chi connectivity index (χ0) is 21.0. The number of ether oxygens (including phenoxy) is 1. The molecule has 1 heterocycles. The van der Waals surface area contributed by atoms with E-state index >= 15 is 0 Å². The van der Waals surface area contributed by atoms with Gasteiger partial charge in [0.1, 0.15) is 0 Å². The minimum atomic E-state index is -3.80. The van der Waals surface area contributed by atoms with E-state index in [1.165, 1.54) is 16.4 Å². The molecule has 1 fully saturated rings. The summed E-state index contributed by atoms with van der Waals surface area (Å²) >= 11 is 3.29. The number of nitrogens with one attached hydrogen (secondary N) is 1. The fourth-order valence-corrected chi connectivity index (χ4v) is 4.68. The van der Waals surface area contributed by atoms with Gasteiger partial charge in [0.2, 0.25) is 10.0 Å². The van der Waals surface area contributed by atoms with Gasteiger partial charge in [-0.15, -0.1) is 0 Å². The third-order valence-electron chi connectivity index (χ3n) is 4.32. The Labute approximate surface area is 176 Å². The van der Waals surface area contributed by atoms with Crippen molar-refractivity contribution in [1.29, 1.82) is 0 Å². The molecule has 0 aliphatic carbocycles. The van der Waals surface area contributed by atoms with Gasteiger partial charge in [-0.05, 0) is 49.2 Å². The Bertz CT molecular complexity index is 1020. The van der Waals surface area contributed by atoms with E-state index in [1.54, 1.807) is 24.3 Å². The average Bonchev–Trinajstić information content (AvgIpc) is 3.23. The van der Waals surface area contributed by atoms with E-state index in [9.17, 15) is 23.3 Å². The van der Waals surface area contributed by atoms with Crippen LogP contribution in [0.2, 0.25) is 0 Å². The van der Waals surface area contributed by atoms with E-state index < -0.39 is 33.1 Å². The standard InChI is InChI=1S/C18H18BrN3O6S/c19-13-3-5-14(6-4-13)20-18(23)12-28-17-8-7-15(11-16(17)22(24)25)29(26,27)21-9-1-2-10-21/h3-8,11H,1-2,9-10,12H2,(H,20,23). The van der Waals surface area contributed by atoms with Crippen molar-refractivity contribution in [2.75, 3.05) is 25.0 Å². The number of benzene rings is 2. The summed E-state index contributed by atoms with van der Waals surface area (Å²) in [6.07, 6.45) is 1.52. The predicted octanol–water partition coefficient (Wildman–Crippen LogP) is 3.16. The van der Waals surface area contributed by atoms with Crippen molar-refractivity contribution in [3.63, 3.8) is 0 Å². The fraction of sp³-hybridized carbons (Fsp3) is 0.278. The molecule has 154 valence electrons. The summed E-state index contributed by atoms with van der Waals surface area (Å²) < 4.78 is 32.7. The Hall–Kier alpha value is -2.50. The Kier molecular flexibility index (Phi) is 6.50. The summed E-state index contributed by atoms with van der Waals surface area (Å²) in [4.78, 5) is 22.5. The van der Waals surface area contributed by atoms with Crippen molar-refractivity contribution < 1.29 is 22.9 Å². The van der Waals surface area contributed by atoms with Gasteiger partial charge in [0.15, 0.2) is 12.4 Å². The number of anilines is 1. The molecule has 29 heavy (non-hydrogen) atoms. The van der Waals surface area contributed by atoms with Gasteiger partial charge in [0, 0.05) is 29.3 Å². The molecule has 1 aliphatic heterocycles. The lowest BCUT2D eigenvalue weighted by Crippen LogP contribution is -2.28. The largest absolute Gasteiger partial charge is 0.477 e. The van der Waals surface area contributed by atoms with Crippen molar-refractivity contribution >= 4 is 43.2 Å². The number of hydrogen-bond donors (Lipinski definition) is 1. The van der Waals surface area contributed by atoms with Crippen LogP contribution in [0.5, 0.6) is 5.75 Å². The monoisotopic (exact) mass is 483 g/mol. The number of halogens is 1. The third kappa shape index (κ3) is 5.11. The lowest BCUT2D eigenvalue weighted by atomic mass is 10.3. The lowest BCUT2D eigenvalue weighted by Gasteiger charge is -2.16. The van der Waals surface area contributed by atoms with Gasteiger partial charge in [-0.1, -0.05) is 15.9 Å². The van der Waals surface area contributed by atoms with Crippen LogP contribution >= 0.6 is 15.9 Å². The second kappa shape index (κ2) is 8.89. The summed E-state index contributed by atoms with van der Waals surface area (Å²) in [6, 6.07) is 10.3. The Morgan fingerprint density at radius 3 is 2.45 bits per heavy atom. The molecule has 1 aliphatic rings. The fourth-order valence-electron chi connectivity index (χ4n) is 2.87. The van der Waals surface area contributed by atoms with Crippen LogP contribution in [-0.2, 0) is 14.8 Å². The topological polar surface area (TPSA) is 119 Å². The minimum Gasteiger partial charge on any atom is -0.477 e. The molecular weight excluding hydrogens is 466 g/mol. The van der Waals surface area contributed by atoms with E-state index in [2.05, 4.69) is 21.2 Å². The SMILES string of the molecule is O=C(COc1ccc(S(=O)(=O)N2CCCC2)cc1[N+](=O)[O-])Nc1ccc(Br)cc1. The van der Waals surface area contributed by atoms with Crippen LogP contribution in [0.4, 0.5) is 11.4 Å². The van der Waals surface area contributed by atoms with Crippen LogP contribution < -0.4 is 10.1 Å². The third-order valence-corrected chi connectivity index (χ3v) is 6.74. The molecule has 1 saturated heterocycles. The number of nitrogens with zero attached hydrogens (tertiary/aromatic N) is 2. The smallest absolute Gasteiger partial charge is 0.312 e. The van der Waals surface area contributed by atoms with Gasteiger partial charge in [0.05, 0.1) is 9.82 Å². The summed E-state index contributed by atoms with van der Waals surface area (Å²) in [7, 11) is -3.80. The van der Waals surface area contributed by atoms with Crippen molar-refractivity contribution in [3.05, 3.63) is 57.1 Å². The predicted molar refractivity (Wildman–Crippen MR) is 109 cm³/mol. The van der Waals surface area contributed by atoms with Crippen LogP contribution in [0.3, 0.4) is 0 Å². The van der Waals surface area contributed by atoms with Crippen molar-refractivity contribution in [2.45, 2.75) is 17.7 Å². The Balaban J connectivity index is 1.73. The van der Waals surface area contributed by atoms with Crippen LogP contribution in [0.1, 0.15) is 12.8 Å². The van der Waals surface area contributed by atoms with E-state index in [0.717, 1.165) is 23.4 Å². The maximum atomic E-state index is 12.6. The van der Waals surface area contributed by atoms with Crippen molar-refractivity contribution in [1.82, 2.24) is 4.31 Å². The molecule has 11 heteroatoms. The van der Waals surface area contributed by atoms with Crippen LogP contribution in [0.15, 0.2) is 51.8 Å². The number of amides is 1. The number of hydrogen-bond acceptors (Lipinski definition) is 6. The molecule has 9 nitrogen and oxygen atoms in total. The number of carbonyl (C=O) groups is 1.